The van der Waals surface area contributed by atoms with Gasteiger partial charge >= 0.3 is 5.97 Å². The molecule has 1 heterocycles. The highest BCUT2D eigenvalue weighted by molar-refractivity contribution is 6.10. The molecule has 0 saturated heterocycles. The molecule has 0 unspecified atom stereocenters. The van der Waals surface area contributed by atoms with E-state index in [9.17, 15) is 9.59 Å². The smallest absolute Gasteiger partial charge is 0.325 e. The lowest BCUT2D eigenvalue weighted by Gasteiger charge is -2.22. The number of aliphatic carboxylic acids is 1. The Kier molecular flexibility index (Phi) is 2.64. The second-order valence-electron chi connectivity index (χ2n) is 6.06. The summed E-state index contributed by atoms with van der Waals surface area (Å²) in [7, 11) is 0. The van der Waals surface area contributed by atoms with Crippen LogP contribution in [0.1, 0.15) is 29.5 Å². The summed E-state index contributed by atoms with van der Waals surface area (Å²) in [4.78, 5) is 22.9. The molecule has 5 nitrogen and oxygen atoms in total. The minimum absolute atomic E-state index is 0.0647. The van der Waals surface area contributed by atoms with E-state index in [1.807, 2.05) is 0 Å². The number of carboxylic acids is 1. The van der Waals surface area contributed by atoms with E-state index in [-0.39, 0.29) is 24.3 Å². The standard InChI is InChI=1S/C16H16N2O3/c19-14(20)8-18-16(21)13-7-12(13)15(17-18)11-5-4-9-2-1-3-10(9)6-11/h4-6,12-13H,1-3,7-8H2,(H,19,20)/t12-,13+/m1/s1. The van der Waals surface area contributed by atoms with E-state index in [1.165, 1.54) is 17.5 Å². The molecular weight excluding hydrogens is 268 g/mol. The Morgan fingerprint density at radius 1 is 1.29 bits per heavy atom. The third-order valence-electron chi connectivity index (χ3n) is 4.62. The molecule has 1 saturated carbocycles. The Labute approximate surface area is 122 Å². The summed E-state index contributed by atoms with van der Waals surface area (Å²) in [6, 6.07) is 6.38. The summed E-state index contributed by atoms with van der Waals surface area (Å²) < 4.78 is 0. The molecule has 21 heavy (non-hydrogen) atoms. The van der Waals surface area contributed by atoms with Crippen molar-refractivity contribution in [2.24, 2.45) is 16.9 Å². The highest BCUT2D eigenvalue weighted by atomic mass is 16.4. The van der Waals surface area contributed by atoms with Crippen LogP contribution in [0.3, 0.4) is 0 Å². The van der Waals surface area contributed by atoms with Crippen molar-refractivity contribution >= 4 is 17.6 Å². The summed E-state index contributed by atoms with van der Waals surface area (Å²) in [6.45, 7) is -0.351. The fraction of sp³-hybridized carbons (Fsp3) is 0.438. The number of nitrogens with zero attached hydrogens (tertiary/aromatic N) is 2. The van der Waals surface area contributed by atoms with Crippen LogP contribution >= 0.6 is 0 Å². The summed E-state index contributed by atoms with van der Waals surface area (Å²) in [5, 5.41) is 14.4. The molecule has 2 aliphatic carbocycles. The predicted molar refractivity (Wildman–Crippen MR) is 75.9 cm³/mol. The van der Waals surface area contributed by atoms with E-state index >= 15 is 0 Å². The molecule has 108 valence electrons. The Balaban J connectivity index is 1.70. The van der Waals surface area contributed by atoms with Crippen molar-refractivity contribution in [2.75, 3.05) is 6.54 Å². The van der Waals surface area contributed by atoms with Crippen LogP contribution < -0.4 is 0 Å². The summed E-state index contributed by atoms with van der Waals surface area (Å²) in [5.41, 5.74) is 4.71. The average molecular weight is 284 g/mol. The van der Waals surface area contributed by atoms with Gasteiger partial charge in [0.1, 0.15) is 6.54 Å². The van der Waals surface area contributed by atoms with Crippen molar-refractivity contribution < 1.29 is 14.7 Å². The maximum atomic E-state index is 12.0. The molecule has 1 N–H and O–H groups in total. The number of amides is 1. The van der Waals surface area contributed by atoms with Crippen LogP contribution in [-0.2, 0) is 22.4 Å². The highest BCUT2D eigenvalue weighted by Crippen LogP contribution is 2.46. The second kappa shape index (κ2) is 4.41. The van der Waals surface area contributed by atoms with Crippen LogP contribution in [0.5, 0.6) is 0 Å². The Bertz CT molecular complexity index is 680. The Morgan fingerprint density at radius 2 is 2.10 bits per heavy atom. The zero-order chi connectivity index (χ0) is 14.6. The molecule has 5 heteroatoms. The molecule has 1 aromatic rings. The zero-order valence-electron chi connectivity index (χ0n) is 11.6. The molecule has 4 rings (SSSR count). The Morgan fingerprint density at radius 3 is 2.90 bits per heavy atom. The SMILES string of the molecule is O=C(O)CN1N=C(c2ccc3c(c2)CCC3)[C@@H]2C[C@@H]2C1=O. The maximum absolute atomic E-state index is 12.0. The summed E-state index contributed by atoms with van der Waals surface area (Å²) in [5.74, 6) is -1.06. The third kappa shape index (κ3) is 2.04. The minimum Gasteiger partial charge on any atom is -0.480 e. The number of rotatable bonds is 3. The number of benzene rings is 1. The zero-order valence-corrected chi connectivity index (χ0v) is 11.6. The number of hydrogen-bond donors (Lipinski definition) is 1. The highest BCUT2D eigenvalue weighted by Gasteiger charge is 2.52. The second-order valence-corrected chi connectivity index (χ2v) is 6.06. The van der Waals surface area contributed by atoms with Crippen LogP contribution in [0.25, 0.3) is 0 Å². The van der Waals surface area contributed by atoms with E-state index in [4.69, 9.17) is 5.11 Å². The first kappa shape index (κ1) is 12.6. The van der Waals surface area contributed by atoms with Crippen LogP contribution in [-0.4, -0.2) is 34.2 Å². The normalized spacial score (nSPS) is 26.2. The summed E-state index contributed by atoms with van der Waals surface area (Å²) >= 11 is 0. The van der Waals surface area contributed by atoms with Crippen LogP contribution in [0, 0.1) is 11.8 Å². The van der Waals surface area contributed by atoms with Crippen LogP contribution in [0.2, 0.25) is 0 Å². The lowest BCUT2D eigenvalue weighted by molar-refractivity contribution is -0.145. The number of carboxylic acid groups (broad SMARTS) is 1. The molecule has 1 aliphatic heterocycles. The van der Waals surface area contributed by atoms with Crippen molar-refractivity contribution in [3.05, 3.63) is 34.9 Å². The van der Waals surface area contributed by atoms with Crippen molar-refractivity contribution in [3.8, 4) is 0 Å². The van der Waals surface area contributed by atoms with Gasteiger partial charge in [-0.3, -0.25) is 9.59 Å². The molecular formula is C16H16N2O3. The molecule has 1 aromatic carbocycles. The first-order valence-electron chi connectivity index (χ1n) is 7.37. The molecule has 3 aliphatic rings. The average Bonchev–Trinajstić information content (AvgIpc) is 3.11. The van der Waals surface area contributed by atoms with Crippen molar-refractivity contribution in [1.82, 2.24) is 5.01 Å². The molecule has 1 amide bonds. The molecule has 2 atom stereocenters. The van der Waals surface area contributed by atoms with E-state index in [1.54, 1.807) is 0 Å². The molecule has 0 radical (unpaired) electrons. The summed E-state index contributed by atoms with van der Waals surface area (Å²) in [6.07, 6.45) is 4.23. The van der Waals surface area contributed by atoms with Crippen molar-refractivity contribution in [2.45, 2.75) is 25.7 Å². The monoisotopic (exact) mass is 284 g/mol. The third-order valence-corrected chi connectivity index (χ3v) is 4.62. The number of hydrogen-bond acceptors (Lipinski definition) is 3. The van der Waals surface area contributed by atoms with Gasteiger partial charge in [0.25, 0.3) is 0 Å². The molecule has 0 bridgehead atoms. The van der Waals surface area contributed by atoms with Gasteiger partial charge in [0.2, 0.25) is 5.91 Å². The van der Waals surface area contributed by atoms with Gasteiger partial charge < -0.3 is 5.11 Å². The lowest BCUT2D eigenvalue weighted by Crippen LogP contribution is -2.37. The number of carbonyl (C=O) groups excluding carboxylic acids is 1. The Hall–Kier alpha value is -2.17. The van der Waals surface area contributed by atoms with Gasteiger partial charge in [-0.25, -0.2) is 5.01 Å². The lowest BCUT2D eigenvalue weighted by atomic mass is 9.99. The quantitative estimate of drug-likeness (QED) is 0.913. The van der Waals surface area contributed by atoms with Crippen LogP contribution in [0.4, 0.5) is 0 Å². The van der Waals surface area contributed by atoms with E-state index in [0.29, 0.717) is 0 Å². The maximum Gasteiger partial charge on any atom is 0.325 e. The number of hydrazone groups is 1. The van der Waals surface area contributed by atoms with Gasteiger partial charge in [-0.2, -0.15) is 5.10 Å². The first-order valence-corrected chi connectivity index (χ1v) is 7.37. The van der Waals surface area contributed by atoms with E-state index < -0.39 is 5.97 Å². The van der Waals surface area contributed by atoms with Crippen molar-refractivity contribution in [3.63, 3.8) is 0 Å². The minimum atomic E-state index is -1.03. The van der Waals surface area contributed by atoms with Gasteiger partial charge in [0.05, 0.1) is 5.71 Å². The van der Waals surface area contributed by atoms with E-state index in [2.05, 4.69) is 23.3 Å². The van der Waals surface area contributed by atoms with E-state index in [0.717, 1.165) is 35.5 Å². The van der Waals surface area contributed by atoms with Crippen LogP contribution in [0.15, 0.2) is 23.3 Å². The predicted octanol–water partition coefficient (Wildman–Crippen LogP) is 1.44. The first-order chi connectivity index (χ1) is 10.1. The topological polar surface area (TPSA) is 70.0 Å². The fourth-order valence-electron chi connectivity index (χ4n) is 3.46. The fourth-order valence-corrected chi connectivity index (χ4v) is 3.46. The van der Waals surface area contributed by atoms with Gasteiger partial charge in [0.15, 0.2) is 0 Å². The molecule has 0 spiro atoms. The van der Waals surface area contributed by atoms with Gasteiger partial charge in [-0.05, 0) is 48.4 Å². The van der Waals surface area contributed by atoms with Gasteiger partial charge in [0, 0.05) is 11.8 Å². The number of fused-ring (bicyclic) bond motifs is 2. The van der Waals surface area contributed by atoms with Gasteiger partial charge in [-0.1, -0.05) is 12.1 Å². The van der Waals surface area contributed by atoms with Gasteiger partial charge in [-0.15, -0.1) is 0 Å². The molecule has 1 fully saturated rings. The number of carbonyl (C=O) groups is 2. The largest absolute Gasteiger partial charge is 0.480 e. The number of aryl methyl sites for hydroxylation is 2. The molecule has 0 aromatic heterocycles. The van der Waals surface area contributed by atoms with Crippen molar-refractivity contribution in [1.29, 1.82) is 0 Å².